The molecule has 1 aromatic rings. The average Bonchev–Trinajstić information content (AvgIpc) is 2.97. The van der Waals surface area contributed by atoms with Crippen LogP contribution in [-0.2, 0) is 6.54 Å². The molecule has 0 bridgehead atoms. The van der Waals surface area contributed by atoms with Gasteiger partial charge in [0.15, 0.2) is 17.5 Å². The third-order valence-corrected chi connectivity index (χ3v) is 5.45. The van der Waals surface area contributed by atoms with Crippen LogP contribution < -0.4 is 15.4 Å². The minimum atomic E-state index is -0.330. The number of ether oxygens (including phenoxy) is 1. The van der Waals surface area contributed by atoms with Gasteiger partial charge in [-0.25, -0.2) is 4.39 Å². The summed E-state index contributed by atoms with van der Waals surface area (Å²) in [6.07, 6.45) is 2.51. The second kappa shape index (κ2) is 10.3. The van der Waals surface area contributed by atoms with Gasteiger partial charge in [0, 0.05) is 24.9 Å². The lowest BCUT2D eigenvalue weighted by molar-refractivity contribution is 0.321. The molecule has 136 valence electrons. The van der Waals surface area contributed by atoms with Crippen LogP contribution in [0.5, 0.6) is 5.75 Å². The van der Waals surface area contributed by atoms with Crippen molar-refractivity contribution in [3.63, 3.8) is 0 Å². The maximum Gasteiger partial charge on any atom is 0.191 e. The van der Waals surface area contributed by atoms with Gasteiger partial charge in [-0.15, -0.1) is 24.0 Å². The molecule has 0 spiro atoms. The molecule has 2 N–H and O–H groups in total. The predicted octanol–water partition coefficient (Wildman–Crippen LogP) is 3.79. The van der Waals surface area contributed by atoms with Gasteiger partial charge in [0.05, 0.1) is 6.61 Å². The van der Waals surface area contributed by atoms with Gasteiger partial charge >= 0.3 is 0 Å². The minimum absolute atomic E-state index is 0. The molecule has 2 rings (SSSR count). The number of hydrogen-bond donors (Lipinski definition) is 2. The molecular formula is C17H27FIN3OS. The molecule has 1 aromatic carbocycles. The summed E-state index contributed by atoms with van der Waals surface area (Å²) in [5.74, 6) is 1.94. The van der Waals surface area contributed by atoms with E-state index in [9.17, 15) is 4.39 Å². The zero-order valence-electron chi connectivity index (χ0n) is 14.5. The Morgan fingerprint density at radius 3 is 2.79 bits per heavy atom. The number of rotatable bonds is 6. The number of nitrogens with zero attached hydrogens (tertiary/aromatic N) is 1. The van der Waals surface area contributed by atoms with E-state index in [0.29, 0.717) is 18.9 Å². The predicted molar refractivity (Wildman–Crippen MR) is 111 cm³/mol. The minimum Gasteiger partial charge on any atom is -0.491 e. The molecule has 0 radical (unpaired) electrons. The van der Waals surface area contributed by atoms with E-state index in [-0.39, 0.29) is 34.5 Å². The largest absolute Gasteiger partial charge is 0.491 e. The number of thioether (sulfide) groups is 1. The lowest BCUT2D eigenvalue weighted by atomic mass is 10.1. The molecule has 0 amide bonds. The van der Waals surface area contributed by atoms with Crippen LogP contribution >= 0.6 is 35.7 Å². The summed E-state index contributed by atoms with van der Waals surface area (Å²) < 4.78 is 19.3. The van der Waals surface area contributed by atoms with Crippen molar-refractivity contribution in [3.8, 4) is 5.75 Å². The summed E-state index contributed by atoms with van der Waals surface area (Å²) >= 11 is 2.01. The Morgan fingerprint density at radius 1 is 1.42 bits per heavy atom. The summed E-state index contributed by atoms with van der Waals surface area (Å²) in [5.41, 5.74) is 0.857. The maximum absolute atomic E-state index is 13.8. The van der Waals surface area contributed by atoms with Gasteiger partial charge in [-0.3, -0.25) is 4.99 Å². The van der Waals surface area contributed by atoms with Crippen LogP contribution in [0.1, 0.15) is 32.3 Å². The Balaban J connectivity index is 0.00000288. The number of aliphatic imine (C=N–C) groups is 1. The monoisotopic (exact) mass is 467 g/mol. The van der Waals surface area contributed by atoms with Crippen molar-refractivity contribution in [2.24, 2.45) is 4.99 Å². The quantitative estimate of drug-likeness (QED) is 0.380. The van der Waals surface area contributed by atoms with Crippen LogP contribution in [0.2, 0.25) is 0 Å². The molecule has 0 aliphatic carbocycles. The van der Waals surface area contributed by atoms with Gasteiger partial charge in [-0.05, 0) is 50.1 Å². The van der Waals surface area contributed by atoms with Crippen LogP contribution in [-0.4, -0.2) is 36.7 Å². The highest BCUT2D eigenvalue weighted by molar-refractivity contribution is 14.0. The summed E-state index contributed by atoms with van der Waals surface area (Å²) in [4.78, 5) is 4.23. The molecule has 1 fully saturated rings. The van der Waals surface area contributed by atoms with Gasteiger partial charge in [0.2, 0.25) is 0 Å². The SMILES string of the molecule is CCOc1ccc(CNC(=NC)NCC2(C)CCCS2)cc1F.I. The first-order chi connectivity index (χ1) is 11.1. The van der Waals surface area contributed by atoms with Crippen molar-refractivity contribution in [2.75, 3.05) is 26.0 Å². The maximum atomic E-state index is 13.8. The van der Waals surface area contributed by atoms with Crippen molar-refractivity contribution in [1.29, 1.82) is 0 Å². The lowest BCUT2D eigenvalue weighted by Crippen LogP contribution is -2.43. The van der Waals surface area contributed by atoms with E-state index in [0.717, 1.165) is 18.1 Å². The first-order valence-corrected chi connectivity index (χ1v) is 9.04. The molecule has 0 saturated carbocycles. The van der Waals surface area contributed by atoms with Crippen LogP contribution in [0, 0.1) is 5.82 Å². The third kappa shape index (κ3) is 6.31. The summed E-state index contributed by atoms with van der Waals surface area (Å²) in [6, 6.07) is 5.03. The van der Waals surface area contributed by atoms with Crippen molar-refractivity contribution >= 4 is 41.7 Å². The van der Waals surface area contributed by atoms with Crippen molar-refractivity contribution < 1.29 is 9.13 Å². The molecule has 0 aromatic heterocycles. The van der Waals surface area contributed by atoms with E-state index in [2.05, 4.69) is 22.5 Å². The van der Waals surface area contributed by atoms with E-state index in [4.69, 9.17) is 4.74 Å². The highest BCUT2D eigenvalue weighted by Gasteiger charge is 2.29. The molecule has 1 atom stereocenters. The van der Waals surface area contributed by atoms with E-state index in [1.54, 1.807) is 13.1 Å². The summed E-state index contributed by atoms with van der Waals surface area (Å²) in [7, 11) is 1.75. The molecule has 7 heteroatoms. The fraction of sp³-hybridized carbons (Fsp3) is 0.588. The van der Waals surface area contributed by atoms with Crippen LogP contribution in [0.3, 0.4) is 0 Å². The second-order valence-electron chi connectivity index (χ2n) is 5.88. The van der Waals surface area contributed by atoms with E-state index in [1.165, 1.54) is 24.7 Å². The molecule has 4 nitrogen and oxygen atoms in total. The molecule has 1 aliphatic heterocycles. The molecule has 1 saturated heterocycles. The van der Waals surface area contributed by atoms with Gasteiger partial charge in [-0.1, -0.05) is 6.07 Å². The number of hydrogen-bond acceptors (Lipinski definition) is 3. The normalized spacial score (nSPS) is 20.4. The molecule has 1 unspecified atom stereocenters. The van der Waals surface area contributed by atoms with Crippen LogP contribution in [0.4, 0.5) is 4.39 Å². The molecular weight excluding hydrogens is 440 g/mol. The van der Waals surface area contributed by atoms with Crippen LogP contribution in [0.15, 0.2) is 23.2 Å². The number of nitrogens with one attached hydrogen (secondary N) is 2. The highest BCUT2D eigenvalue weighted by atomic mass is 127. The van der Waals surface area contributed by atoms with Crippen molar-refractivity contribution in [3.05, 3.63) is 29.6 Å². The Kier molecular flexibility index (Phi) is 9.18. The zero-order chi connectivity index (χ0) is 16.7. The Labute approximate surface area is 165 Å². The first-order valence-electron chi connectivity index (χ1n) is 8.06. The number of guanidine groups is 1. The molecule has 1 heterocycles. The number of benzene rings is 1. The number of halogens is 2. The Hall–Kier alpha value is -0.700. The lowest BCUT2D eigenvalue weighted by Gasteiger charge is -2.24. The molecule has 1 aliphatic rings. The van der Waals surface area contributed by atoms with Gasteiger partial charge in [0.25, 0.3) is 0 Å². The summed E-state index contributed by atoms with van der Waals surface area (Å²) in [5, 5.41) is 6.60. The third-order valence-electron chi connectivity index (χ3n) is 3.91. The van der Waals surface area contributed by atoms with Crippen molar-refractivity contribution in [1.82, 2.24) is 10.6 Å². The first kappa shape index (κ1) is 21.3. The van der Waals surface area contributed by atoms with Crippen LogP contribution in [0.25, 0.3) is 0 Å². The summed E-state index contributed by atoms with van der Waals surface area (Å²) in [6.45, 7) is 5.99. The fourth-order valence-corrected chi connectivity index (χ4v) is 3.82. The van der Waals surface area contributed by atoms with E-state index in [1.807, 2.05) is 24.8 Å². The topological polar surface area (TPSA) is 45.6 Å². The van der Waals surface area contributed by atoms with Gasteiger partial charge in [0.1, 0.15) is 0 Å². The Morgan fingerprint density at radius 2 is 2.21 bits per heavy atom. The smallest absolute Gasteiger partial charge is 0.191 e. The molecule has 24 heavy (non-hydrogen) atoms. The van der Waals surface area contributed by atoms with Gasteiger partial charge in [-0.2, -0.15) is 11.8 Å². The Bertz CT molecular complexity index is 551. The van der Waals surface area contributed by atoms with E-state index >= 15 is 0 Å². The standard InChI is InChI=1S/C17H26FN3OS.HI/c1-4-22-15-7-6-13(10-14(15)18)11-20-16(19-3)21-12-17(2)8-5-9-23-17;/h6-7,10H,4-5,8-9,11-12H2,1-3H3,(H2,19,20,21);1H. The highest BCUT2D eigenvalue weighted by Crippen LogP contribution is 2.36. The average molecular weight is 467 g/mol. The van der Waals surface area contributed by atoms with Gasteiger partial charge < -0.3 is 15.4 Å². The fourth-order valence-electron chi connectivity index (χ4n) is 2.58. The van der Waals surface area contributed by atoms with E-state index < -0.39 is 0 Å². The zero-order valence-corrected chi connectivity index (χ0v) is 17.7. The van der Waals surface area contributed by atoms with Crippen molar-refractivity contribution in [2.45, 2.75) is 38.0 Å². The second-order valence-corrected chi connectivity index (χ2v) is 7.56.